The van der Waals surface area contributed by atoms with Gasteiger partial charge in [-0.05, 0) is 46.5 Å². The first-order valence-electron chi connectivity index (χ1n) is 17.2. The lowest BCUT2D eigenvalue weighted by molar-refractivity contribution is 1.37. The van der Waals surface area contributed by atoms with Crippen LogP contribution in [0.5, 0.6) is 0 Å². The zero-order valence-electron chi connectivity index (χ0n) is 27.3. The first-order chi connectivity index (χ1) is 25.3. The summed E-state index contributed by atoms with van der Waals surface area (Å²) >= 11 is 1.85. The van der Waals surface area contributed by atoms with Gasteiger partial charge in [0.25, 0.3) is 0 Å². The number of nitrogens with zero attached hydrogens (tertiary/aromatic N) is 3. The second-order valence-electron chi connectivity index (χ2n) is 13.1. The maximum Gasteiger partial charge on any atom is 0.0972 e. The van der Waals surface area contributed by atoms with E-state index >= 15 is 0 Å². The second kappa shape index (κ2) is 11.0. The fourth-order valence-electron chi connectivity index (χ4n) is 7.89. The van der Waals surface area contributed by atoms with E-state index in [1.807, 2.05) is 17.4 Å². The lowest BCUT2D eigenvalue weighted by Crippen LogP contribution is -1.93. The molecule has 236 valence electrons. The van der Waals surface area contributed by atoms with E-state index < -0.39 is 0 Å². The maximum atomic E-state index is 5.45. The Kier molecular flexibility index (Phi) is 6.12. The van der Waals surface area contributed by atoms with Gasteiger partial charge in [0, 0.05) is 58.4 Å². The molecule has 0 radical (unpaired) electrons. The van der Waals surface area contributed by atoms with E-state index in [-0.39, 0.29) is 0 Å². The lowest BCUT2D eigenvalue weighted by atomic mass is 9.93. The summed E-state index contributed by atoms with van der Waals surface area (Å²) in [6.07, 6.45) is 0. The highest BCUT2D eigenvalue weighted by molar-refractivity contribution is 7.26. The molecule has 4 heteroatoms. The zero-order valence-corrected chi connectivity index (χ0v) is 28.2. The minimum absolute atomic E-state index is 0.908. The van der Waals surface area contributed by atoms with Crippen LogP contribution in [0, 0.1) is 0 Å². The van der Waals surface area contributed by atoms with E-state index in [4.69, 9.17) is 15.0 Å². The van der Waals surface area contributed by atoms with Gasteiger partial charge in [-0.2, -0.15) is 0 Å². The lowest BCUT2D eigenvalue weighted by Gasteiger charge is -2.15. The molecule has 0 fully saturated rings. The quantitative estimate of drug-likeness (QED) is 0.176. The summed E-state index contributed by atoms with van der Waals surface area (Å²) < 4.78 is 2.60. The molecule has 11 rings (SSSR count). The van der Waals surface area contributed by atoms with Gasteiger partial charge in [0.1, 0.15) is 0 Å². The van der Waals surface area contributed by atoms with Crippen molar-refractivity contribution in [2.45, 2.75) is 0 Å². The molecular weight excluding hydrogens is 639 g/mol. The van der Waals surface area contributed by atoms with Crippen molar-refractivity contribution in [3.8, 4) is 33.8 Å². The summed E-state index contributed by atoms with van der Waals surface area (Å²) in [5, 5.41) is 10.6. The van der Waals surface area contributed by atoms with E-state index in [0.29, 0.717) is 0 Å². The van der Waals surface area contributed by atoms with Crippen LogP contribution < -0.4 is 0 Å². The number of thiophene rings is 1. The van der Waals surface area contributed by atoms with Crippen molar-refractivity contribution < 1.29 is 0 Å². The molecule has 0 amide bonds. The van der Waals surface area contributed by atoms with Gasteiger partial charge in [0.05, 0.1) is 33.6 Å². The largest absolute Gasteiger partial charge is 0.247 e. The van der Waals surface area contributed by atoms with Crippen LogP contribution in [0.4, 0.5) is 0 Å². The molecule has 0 spiro atoms. The van der Waals surface area contributed by atoms with Gasteiger partial charge in [0.15, 0.2) is 0 Å². The minimum Gasteiger partial charge on any atom is -0.247 e. The van der Waals surface area contributed by atoms with Gasteiger partial charge in [0.2, 0.25) is 0 Å². The monoisotopic (exact) mass is 665 g/mol. The molecule has 51 heavy (non-hydrogen) atoms. The third-order valence-corrected chi connectivity index (χ3v) is 11.4. The van der Waals surface area contributed by atoms with E-state index in [9.17, 15) is 0 Å². The molecule has 7 aromatic carbocycles. The number of aromatic nitrogens is 3. The number of fused-ring (bicyclic) bond motifs is 11. The maximum absolute atomic E-state index is 5.45. The van der Waals surface area contributed by atoms with Crippen LogP contribution >= 0.6 is 11.3 Å². The van der Waals surface area contributed by atoms with Gasteiger partial charge in [-0.3, -0.25) is 0 Å². The third-order valence-electron chi connectivity index (χ3n) is 10.2. The minimum atomic E-state index is 0.908. The Morgan fingerprint density at radius 1 is 0.353 bits per heavy atom. The average molecular weight is 666 g/mol. The molecule has 0 unspecified atom stereocenters. The summed E-state index contributed by atoms with van der Waals surface area (Å²) in [6.45, 7) is 0. The Morgan fingerprint density at radius 2 is 0.961 bits per heavy atom. The van der Waals surface area contributed by atoms with Gasteiger partial charge < -0.3 is 0 Å². The summed E-state index contributed by atoms with van der Waals surface area (Å²) in [6, 6.07) is 58.2. The standard InChI is InChI=1S/C47H27N3S/c1-2-10-28(11-3-1)38-24-22-29-20-21-30-23-25-39(49-46(30)45(29)48-38)33-17-8-16-32-31(33)15-9-18-35(32)47-36-13-5-4-12-34(36)43-40(50-47)26-27-42-44(43)37-14-6-7-19-41(37)51-42/h1-27H. The molecule has 4 heterocycles. The molecule has 0 aliphatic rings. The molecule has 4 aromatic heterocycles. The van der Waals surface area contributed by atoms with Gasteiger partial charge in [-0.15, -0.1) is 11.3 Å². The Labute approximate surface area is 297 Å². The first-order valence-corrected chi connectivity index (χ1v) is 18.0. The topological polar surface area (TPSA) is 38.7 Å². The van der Waals surface area contributed by atoms with Crippen LogP contribution in [0.1, 0.15) is 0 Å². The highest BCUT2D eigenvalue weighted by Crippen LogP contribution is 2.44. The number of pyridine rings is 3. The van der Waals surface area contributed by atoms with Crippen LogP contribution in [-0.2, 0) is 0 Å². The molecule has 0 aliphatic carbocycles. The van der Waals surface area contributed by atoms with E-state index in [1.54, 1.807) is 0 Å². The fourth-order valence-corrected chi connectivity index (χ4v) is 9.01. The van der Waals surface area contributed by atoms with Crippen LogP contribution in [0.2, 0.25) is 0 Å². The summed E-state index contributed by atoms with van der Waals surface area (Å²) in [5.74, 6) is 0. The average Bonchev–Trinajstić information content (AvgIpc) is 3.59. The van der Waals surface area contributed by atoms with E-state index in [2.05, 4.69) is 158 Å². The van der Waals surface area contributed by atoms with Crippen LogP contribution in [0.3, 0.4) is 0 Å². The van der Waals surface area contributed by atoms with Gasteiger partial charge in [-0.1, -0.05) is 133 Å². The molecule has 3 nitrogen and oxygen atoms in total. The van der Waals surface area contributed by atoms with Crippen molar-refractivity contribution in [1.29, 1.82) is 0 Å². The number of hydrogen-bond donors (Lipinski definition) is 0. The summed E-state index contributed by atoms with van der Waals surface area (Å²) in [4.78, 5) is 15.9. The molecule has 0 N–H and O–H groups in total. The number of rotatable bonds is 3. The Bertz CT molecular complexity index is 3200. The summed E-state index contributed by atoms with van der Waals surface area (Å²) in [7, 11) is 0. The molecule has 0 saturated carbocycles. The molecule has 0 atom stereocenters. The number of hydrogen-bond acceptors (Lipinski definition) is 4. The highest BCUT2D eigenvalue weighted by atomic mass is 32.1. The van der Waals surface area contributed by atoms with Crippen molar-refractivity contribution in [3.63, 3.8) is 0 Å². The van der Waals surface area contributed by atoms with Crippen LogP contribution in [0.25, 0.3) is 108 Å². The molecule has 0 saturated heterocycles. The van der Waals surface area contributed by atoms with Crippen molar-refractivity contribution in [1.82, 2.24) is 15.0 Å². The zero-order chi connectivity index (χ0) is 33.5. The van der Waals surface area contributed by atoms with Crippen molar-refractivity contribution in [2.75, 3.05) is 0 Å². The molecule has 11 aromatic rings. The SMILES string of the molecule is c1ccc(-c2ccc3ccc4ccc(-c5cccc6c(-c7nc8ccc9sc%10ccccc%10c9c8c8ccccc78)cccc56)nc4c3n2)cc1. The Morgan fingerprint density at radius 3 is 1.76 bits per heavy atom. The predicted molar refractivity (Wildman–Crippen MR) is 217 cm³/mol. The summed E-state index contributed by atoms with van der Waals surface area (Å²) in [5.41, 5.74) is 8.99. The normalized spacial score (nSPS) is 11.9. The molecule has 0 aliphatic heterocycles. The first kappa shape index (κ1) is 28.4. The predicted octanol–water partition coefficient (Wildman–Crippen LogP) is 13.0. The van der Waals surface area contributed by atoms with Gasteiger partial charge >= 0.3 is 0 Å². The van der Waals surface area contributed by atoms with Crippen LogP contribution in [-0.4, -0.2) is 15.0 Å². The molecular formula is C47H27N3S. The smallest absolute Gasteiger partial charge is 0.0972 e. The third kappa shape index (κ3) is 4.33. The highest BCUT2D eigenvalue weighted by Gasteiger charge is 2.18. The second-order valence-corrected chi connectivity index (χ2v) is 14.2. The Balaban J connectivity index is 1.13. The Hall–Kier alpha value is -6.49. The van der Waals surface area contributed by atoms with Gasteiger partial charge in [-0.25, -0.2) is 15.0 Å². The molecule has 0 bridgehead atoms. The number of benzene rings is 7. The fraction of sp³-hybridized carbons (Fsp3) is 0. The van der Waals surface area contributed by atoms with E-state index in [1.165, 1.54) is 30.9 Å². The van der Waals surface area contributed by atoms with Crippen molar-refractivity contribution >= 4 is 85.8 Å². The van der Waals surface area contributed by atoms with E-state index in [0.717, 1.165) is 77.3 Å². The van der Waals surface area contributed by atoms with Crippen molar-refractivity contribution in [3.05, 3.63) is 164 Å². The van der Waals surface area contributed by atoms with Crippen LogP contribution in [0.15, 0.2) is 164 Å². The van der Waals surface area contributed by atoms with Crippen molar-refractivity contribution in [2.24, 2.45) is 0 Å².